The van der Waals surface area contributed by atoms with Crippen LogP contribution in [0, 0.1) is 5.92 Å². The SMILES string of the molecule is CCCNC(=NCC(CCC)CCO)NCC. The van der Waals surface area contributed by atoms with Gasteiger partial charge < -0.3 is 15.7 Å². The molecule has 0 amide bonds. The van der Waals surface area contributed by atoms with Gasteiger partial charge in [0.25, 0.3) is 0 Å². The number of rotatable bonds is 9. The molecule has 0 heterocycles. The number of hydrogen-bond donors (Lipinski definition) is 3. The van der Waals surface area contributed by atoms with E-state index in [-0.39, 0.29) is 6.61 Å². The van der Waals surface area contributed by atoms with E-state index in [1.54, 1.807) is 0 Å². The Bertz CT molecular complexity index is 189. The lowest BCUT2D eigenvalue weighted by Gasteiger charge is -2.14. The Hall–Kier alpha value is -0.770. The molecular weight excluding hydrogens is 214 g/mol. The van der Waals surface area contributed by atoms with Crippen LogP contribution >= 0.6 is 0 Å². The fourth-order valence-corrected chi connectivity index (χ4v) is 1.72. The van der Waals surface area contributed by atoms with Crippen molar-refractivity contribution in [2.24, 2.45) is 10.9 Å². The van der Waals surface area contributed by atoms with Gasteiger partial charge in [0.1, 0.15) is 0 Å². The molecule has 0 aliphatic carbocycles. The first-order valence-corrected chi connectivity index (χ1v) is 6.91. The molecule has 0 radical (unpaired) electrons. The maximum absolute atomic E-state index is 8.99. The summed E-state index contributed by atoms with van der Waals surface area (Å²) >= 11 is 0. The number of aliphatic hydroxyl groups excluding tert-OH is 1. The van der Waals surface area contributed by atoms with Crippen LogP contribution in [0.5, 0.6) is 0 Å². The fourth-order valence-electron chi connectivity index (χ4n) is 1.72. The third-order valence-corrected chi connectivity index (χ3v) is 2.63. The van der Waals surface area contributed by atoms with Gasteiger partial charge in [0.05, 0.1) is 0 Å². The molecule has 0 fully saturated rings. The topological polar surface area (TPSA) is 56.7 Å². The minimum absolute atomic E-state index is 0.263. The zero-order valence-corrected chi connectivity index (χ0v) is 11.6. The van der Waals surface area contributed by atoms with E-state index in [9.17, 15) is 0 Å². The molecule has 17 heavy (non-hydrogen) atoms. The van der Waals surface area contributed by atoms with Gasteiger partial charge in [-0.25, -0.2) is 0 Å². The first kappa shape index (κ1) is 16.2. The van der Waals surface area contributed by atoms with Gasteiger partial charge in [0.2, 0.25) is 0 Å². The van der Waals surface area contributed by atoms with Gasteiger partial charge in [-0.1, -0.05) is 20.3 Å². The number of nitrogens with zero attached hydrogens (tertiary/aromatic N) is 1. The molecule has 102 valence electrons. The first-order valence-electron chi connectivity index (χ1n) is 6.91. The third kappa shape index (κ3) is 8.98. The fraction of sp³-hybridized carbons (Fsp3) is 0.923. The van der Waals surface area contributed by atoms with Crippen LogP contribution in [-0.4, -0.2) is 37.3 Å². The summed E-state index contributed by atoms with van der Waals surface area (Å²) < 4.78 is 0. The van der Waals surface area contributed by atoms with Crippen LogP contribution in [0.4, 0.5) is 0 Å². The van der Waals surface area contributed by atoms with Crippen molar-refractivity contribution in [2.45, 2.75) is 46.5 Å². The van der Waals surface area contributed by atoms with Gasteiger partial charge in [-0.05, 0) is 32.1 Å². The van der Waals surface area contributed by atoms with E-state index in [2.05, 4.69) is 36.4 Å². The zero-order valence-electron chi connectivity index (χ0n) is 11.6. The molecule has 0 saturated carbocycles. The van der Waals surface area contributed by atoms with Crippen molar-refractivity contribution in [3.63, 3.8) is 0 Å². The second-order valence-corrected chi connectivity index (χ2v) is 4.31. The van der Waals surface area contributed by atoms with E-state index in [4.69, 9.17) is 5.11 Å². The highest BCUT2D eigenvalue weighted by atomic mass is 16.3. The van der Waals surface area contributed by atoms with E-state index in [0.29, 0.717) is 5.92 Å². The van der Waals surface area contributed by atoms with Crippen molar-refractivity contribution in [1.29, 1.82) is 0 Å². The molecule has 1 atom stereocenters. The number of nitrogens with one attached hydrogen (secondary N) is 2. The van der Waals surface area contributed by atoms with Crippen molar-refractivity contribution in [3.8, 4) is 0 Å². The Kier molecular flexibility index (Phi) is 11.2. The van der Waals surface area contributed by atoms with E-state index < -0.39 is 0 Å². The Morgan fingerprint density at radius 1 is 1.12 bits per heavy atom. The highest BCUT2D eigenvalue weighted by molar-refractivity contribution is 5.79. The smallest absolute Gasteiger partial charge is 0.191 e. The summed E-state index contributed by atoms with van der Waals surface area (Å²) in [6, 6.07) is 0. The summed E-state index contributed by atoms with van der Waals surface area (Å²) in [5, 5.41) is 15.5. The molecule has 0 saturated heterocycles. The Morgan fingerprint density at radius 2 is 1.88 bits per heavy atom. The highest BCUT2D eigenvalue weighted by Gasteiger charge is 2.06. The van der Waals surface area contributed by atoms with Crippen LogP contribution in [0.15, 0.2) is 4.99 Å². The molecule has 0 bridgehead atoms. The second kappa shape index (κ2) is 11.7. The largest absolute Gasteiger partial charge is 0.396 e. The van der Waals surface area contributed by atoms with Gasteiger partial charge in [0, 0.05) is 26.2 Å². The molecule has 0 rings (SSSR count). The summed E-state index contributed by atoms with van der Waals surface area (Å²) in [6.07, 6.45) is 4.24. The number of hydrogen-bond acceptors (Lipinski definition) is 2. The van der Waals surface area contributed by atoms with Gasteiger partial charge in [-0.15, -0.1) is 0 Å². The summed E-state index contributed by atoms with van der Waals surface area (Å²) in [6.45, 7) is 9.28. The Morgan fingerprint density at radius 3 is 2.41 bits per heavy atom. The van der Waals surface area contributed by atoms with Gasteiger partial charge >= 0.3 is 0 Å². The molecule has 1 unspecified atom stereocenters. The van der Waals surface area contributed by atoms with E-state index in [1.807, 2.05) is 0 Å². The number of aliphatic imine (C=N–C) groups is 1. The summed E-state index contributed by atoms with van der Waals surface area (Å²) in [5.41, 5.74) is 0. The van der Waals surface area contributed by atoms with Crippen molar-refractivity contribution in [2.75, 3.05) is 26.2 Å². The predicted molar refractivity (Wildman–Crippen MR) is 74.4 cm³/mol. The zero-order chi connectivity index (χ0) is 12.9. The van der Waals surface area contributed by atoms with Crippen molar-refractivity contribution >= 4 is 5.96 Å². The summed E-state index contributed by atoms with van der Waals surface area (Å²) in [5.74, 6) is 1.40. The van der Waals surface area contributed by atoms with E-state index in [0.717, 1.165) is 51.3 Å². The average molecular weight is 243 g/mol. The molecule has 0 aliphatic heterocycles. The standard InChI is InChI=1S/C13H29N3O/c1-4-7-12(8-10-17)11-16-13(14-6-3)15-9-5-2/h12,17H,4-11H2,1-3H3,(H2,14,15,16). The highest BCUT2D eigenvalue weighted by Crippen LogP contribution is 2.10. The summed E-state index contributed by atoms with van der Waals surface area (Å²) in [7, 11) is 0. The van der Waals surface area contributed by atoms with Crippen LogP contribution in [0.1, 0.15) is 46.5 Å². The average Bonchev–Trinajstić information content (AvgIpc) is 2.33. The van der Waals surface area contributed by atoms with Gasteiger partial charge in [-0.2, -0.15) is 0 Å². The quantitative estimate of drug-likeness (QED) is 0.427. The van der Waals surface area contributed by atoms with Crippen molar-refractivity contribution < 1.29 is 5.11 Å². The lowest BCUT2D eigenvalue weighted by molar-refractivity contribution is 0.253. The minimum atomic E-state index is 0.263. The minimum Gasteiger partial charge on any atom is -0.396 e. The molecule has 4 heteroatoms. The monoisotopic (exact) mass is 243 g/mol. The van der Waals surface area contributed by atoms with E-state index >= 15 is 0 Å². The number of guanidine groups is 1. The molecular formula is C13H29N3O. The van der Waals surface area contributed by atoms with E-state index in [1.165, 1.54) is 0 Å². The predicted octanol–water partition coefficient (Wildman–Crippen LogP) is 1.75. The number of aliphatic hydroxyl groups is 1. The summed E-state index contributed by atoms with van der Waals surface area (Å²) in [4.78, 5) is 4.57. The Labute approximate surface area is 106 Å². The maximum Gasteiger partial charge on any atom is 0.191 e. The molecule has 0 aromatic carbocycles. The van der Waals surface area contributed by atoms with Crippen molar-refractivity contribution in [1.82, 2.24) is 10.6 Å². The molecule has 0 aliphatic rings. The molecule has 0 aromatic rings. The Balaban J connectivity index is 4.15. The normalized spacial score (nSPS) is 13.5. The van der Waals surface area contributed by atoms with Crippen molar-refractivity contribution in [3.05, 3.63) is 0 Å². The van der Waals surface area contributed by atoms with Crippen LogP contribution in [0.2, 0.25) is 0 Å². The lowest BCUT2D eigenvalue weighted by atomic mass is 10.0. The van der Waals surface area contributed by atoms with Gasteiger partial charge in [-0.3, -0.25) is 4.99 Å². The van der Waals surface area contributed by atoms with Gasteiger partial charge in [0.15, 0.2) is 5.96 Å². The molecule has 0 spiro atoms. The molecule has 4 nitrogen and oxygen atoms in total. The second-order valence-electron chi connectivity index (χ2n) is 4.31. The molecule has 0 aromatic heterocycles. The first-order chi connectivity index (χ1) is 8.28. The van der Waals surface area contributed by atoms with Crippen LogP contribution in [0.25, 0.3) is 0 Å². The molecule has 3 N–H and O–H groups in total. The van der Waals surface area contributed by atoms with Crippen LogP contribution < -0.4 is 10.6 Å². The van der Waals surface area contributed by atoms with Crippen LogP contribution in [-0.2, 0) is 0 Å². The maximum atomic E-state index is 8.99. The van der Waals surface area contributed by atoms with Crippen LogP contribution in [0.3, 0.4) is 0 Å². The lowest BCUT2D eigenvalue weighted by Crippen LogP contribution is -2.38. The third-order valence-electron chi connectivity index (χ3n) is 2.63.